The lowest BCUT2D eigenvalue weighted by Gasteiger charge is -2.23. The first-order valence-electron chi connectivity index (χ1n) is 9.23. The number of carbonyl (C=O) groups is 1. The lowest BCUT2D eigenvalue weighted by Crippen LogP contribution is -2.46. The Labute approximate surface area is 172 Å². The highest BCUT2D eigenvalue weighted by molar-refractivity contribution is 7.93. The van der Waals surface area contributed by atoms with Crippen LogP contribution in [0, 0.1) is 5.92 Å². The van der Waals surface area contributed by atoms with Crippen molar-refractivity contribution in [2.24, 2.45) is 5.92 Å². The average molecular weight is 450 g/mol. The van der Waals surface area contributed by atoms with Crippen molar-refractivity contribution in [2.45, 2.75) is 50.5 Å². The van der Waals surface area contributed by atoms with Gasteiger partial charge in [-0.15, -0.1) is 5.10 Å². The normalized spacial score (nSPS) is 20.0. The van der Waals surface area contributed by atoms with Gasteiger partial charge in [0, 0.05) is 12.3 Å². The molecular formula is C18H25F3N4O4S. The van der Waals surface area contributed by atoms with E-state index >= 15 is 0 Å². The van der Waals surface area contributed by atoms with Crippen LogP contribution in [0.4, 0.5) is 19.1 Å². The van der Waals surface area contributed by atoms with Crippen LogP contribution >= 0.6 is 0 Å². The van der Waals surface area contributed by atoms with Crippen LogP contribution in [0.5, 0.6) is 0 Å². The Balaban J connectivity index is 2.05. The Morgan fingerprint density at radius 3 is 2.57 bits per heavy atom. The molecule has 2 atom stereocenters. The number of rotatable bonds is 8. The molecule has 0 aliphatic heterocycles. The van der Waals surface area contributed by atoms with Crippen molar-refractivity contribution in [1.29, 1.82) is 0 Å². The summed E-state index contributed by atoms with van der Waals surface area (Å²) in [7, 11) is -2.58. The van der Waals surface area contributed by atoms with Crippen molar-refractivity contribution in [2.75, 3.05) is 18.2 Å². The van der Waals surface area contributed by atoms with Crippen molar-refractivity contribution in [3.8, 4) is 0 Å². The van der Waals surface area contributed by atoms with Gasteiger partial charge in [-0.3, -0.25) is 15.2 Å². The number of hydrogen-bond donors (Lipinski definition) is 2. The van der Waals surface area contributed by atoms with E-state index < -0.39 is 45.3 Å². The van der Waals surface area contributed by atoms with Gasteiger partial charge >= 0.3 is 6.18 Å². The van der Waals surface area contributed by atoms with E-state index in [-0.39, 0.29) is 17.8 Å². The van der Waals surface area contributed by atoms with Gasteiger partial charge in [-0.1, -0.05) is 13.0 Å². The minimum absolute atomic E-state index is 0.0342. The molecule has 30 heavy (non-hydrogen) atoms. The Kier molecular flexibility index (Phi) is 7.00. The van der Waals surface area contributed by atoms with Crippen LogP contribution in [0.2, 0.25) is 0 Å². The molecule has 168 valence electrons. The molecule has 8 nitrogen and oxygen atoms in total. The highest BCUT2D eigenvalue weighted by Gasteiger charge is 2.42. The molecule has 2 rings (SSSR count). The molecule has 0 spiro atoms. The van der Waals surface area contributed by atoms with Crippen LogP contribution in [-0.4, -0.2) is 53.3 Å². The molecule has 1 aliphatic carbocycles. The summed E-state index contributed by atoms with van der Waals surface area (Å²) in [6.45, 7) is 4.23. The fourth-order valence-electron chi connectivity index (χ4n) is 2.86. The number of H-pyrrole nitrogens is 1. The first-order chi connectivity index (χ1) is 13.8. The molecule has 2 N–H and O–H groups in total. The number of allylic oxidation sites excluding steroid dienone is 3. The molecule has 0 saturated carbocycles. The zero-order valence-electron chi connectivity index (χ0n) is 17.1. The molecule has 1 heterocycles. The van der Waals surface area contributed by atoms with Crippen LogP contribution in [0.25, 0.3) is 0 Å². The van der Waals surface area contributed by atoms with E-state index in [9.17, 15) is 26.4 Å². The van der Waals surface area contributed by atoms with Crippen LogP contribution in [-0.2, 0) is 19.4 Å². The number of ether oxygens (including phenoxy) is 1. The zero-order chi connectivity index (χ0) is 22.7. The lowest BCUT2D eigenvalue weighted by molar-refractivity contribution is -0.134. The van der Waals surface area contributed by atoms with E-state index in [0.717, 1.165) is 13.8 Å². The van der Waals surface area contributed by atoms with Gasteiger partial charge < -0.3 is 4.74 Å². The quantitative estimate of drug-likeness (QED) is 0.629. The third-order valence-corrected chi connectivity index (χ3v) is 7.51. The fraction of sp³-hybridized carbons (Fsp3) is 0.611. The number of anilines is 1. The van der Waals surface area contributed by atoms with Crippen LogP contribution in [0.1, 0.15) is 45.4 Å². The smallest absolute Gasteiger partial charge is 0.389 e. The Morgan fingerprint density at radius 1 is 1.33 bits per heavy atom. The first-order valence-corrected chi connectivity index (χ1v) is 10.9. The molecule has 0 bridgehead atoms. The fourth-order valence-corrected chi connectivity index (χ4v) is 4.23. The standard InChI is InChI=1S/C18H25F3N4O4S/c1-11-10-12(29-4)6-7-13(11)14-22-16(25-24-14)23-15(26)17(2,3)30(27,28)9-5-8-18(19,20)21/h6-7,10-11,13H,5,8-9H2,1-4H3,(H2,22,23,24,25,26). The summed E-state index contributed by atoms with van der Waals surface area (Å²) in [5.41, 5.74) is 0. The number of amides is 1. The number of aromatic amines is 1. The van der Waals surface area contributed by atoms with Gasteiger partial charge in [0.15, 0.2) is 9.84 Å². The van der Waals surface area contributed by atoms with Crippen molar-refractivity contribution in [3.63, 3.8) is 0 Å². The van der Waals surface area contributed by atoms with Crippen LogP contribution < -0.4 is 5.32 Å². The molecule has 1 amide bonds. The van der Waals surface area contributed by atoms with Gasteiger partial charge in [-0.25, -0.2) is 8.42 Å². The van der Waals surface area contributed by atoms with E-state index in [2.05, 4.69) is 20.5 Å². The van der Waals surface area contributed by atoms with Gasteiger partial charge in [0.2, 0.25) is 11.9 Å². The van der Waals surface area contributed by atoms with Gasteiger partial charge in [-0.2, -0.15) is 18.2 Å². The second kappa shape index (κ2) is 8.78. The summed E-state index contributed by atoms with van der Waals surface area (Å²) in [6, 6.07) is 0. The van der Waals surface area contributed by atoms with Gasteiger partial charge in [0.1, 0.15) is 16.3 Å². The number of nitrogens with one attached hydrogen (secondary N) is 2. The molecule has 0 saturated heterocycles. The number of alkyl halides is 3. The number of hydrogen-bond acceptors (Lipinski definition) is 6. The van der Waals surface area contributed by atoms with E-state index in [1.807, 2.05) is 19.1 Å². The maximum absolute atomic E-state index is 12.5. The molecule has 0 fully saturated rings. The monoisotopic (exact) mass is 450 g/mol. The second-order valence-corrected chi connectivity index (χ2v) is 10.2. The molecule has 2 unspecified atom stereocenters. The molecule has 1 aromatic rings. The summed E-state index contributed by atoms with van der Waals surface area (Å²) in [6.07, 6.45) is -0.757. The number of carbonyl (C=O) groups excluding carboxylic acids is 1. The molecule has 1 aliphatic rings. The maximum atomic E-state index is 12.5. The third-order valence-electron chi connectivity index (χ3n) is 4.94. The predicted octanol–water partition coefficient (Wildman–Crippen LogP) is 3.10. The second-order valence-electron chi connectivity index (χ2n) is 7.56. The van der Waals surface area contributed by atoms with Crippen molar-refractivity contribution in [3.05, 3.63) is 29.8 Å². The summed E-state index contributed by atoms with van der Waals surface area (Å²) in [4.78, 5) is 16.7. The molecule has 1 aromatic heterocycles. The van der Waals surface area contributed by atoms with Crippen molar-refractivity contribution in [1.82, 2.24) is 15.2 Å². The topological polar surface area (TPSA) is 114 Å². The van der Waals surface area contributed by atoms with E-state index in [0.29, 0.717) is 11.6 Å². The summed E-state index contributed by atoms with van der Waals surface area (Å²) in [5, 5.41) is 8.94. The summed E-state index contributed by atoms with van der Waals surface area (Å²) < 4.78 is 64.9. The number of halogens is 3. The minimum Gasteiger partial charge on any atom is -0.497 e. The van der Waals surface area contributed by atoms with E-state index in [1.54, 1.807) is 13.2 Å². The van der Waals surface area contributed by atoms with E-state index in [4.69, 9.17) is 4.74 Å². The Morgan fingerprint density at radius 2 is 2.00 bits per heavy atom. The highest BCUT2D eigenvalue weighted by Crippen LogP contribution is 2.30. The van der Waals surface area contributed by atoms with E-state index in [1.165, 1.54) is 0 Å². The molecule has 0 radical (unpaired) electrons. The van der Waals surface area contributed by atoms with Crippen LogP contribution in [0.15, 0.2) is 24.0 Å². The largest absolute Gasteiger partial charge is 0.497 e. The molecule has 12 heteroatoms. The number of sulfone groups is 1. The van der Waals surface area contributed by atoms with Gasteiger partial charge in [0.25, 0.3) is 0 Å². The van der Waals surface area contributed by atoms with Gasteiger partial charge in [0.05, 0.1) is 12.9 Å². The Bertz CT molecular complexity index is 935. The zero-order valence-corrected chi connectivity index (χ0v) is 17.9. The Hall–Kier alpha value is -2.37. The minimum atomic E-state index is -4.46. The molecular weight excluding hydrogens is 425 g/mol. The van der Waals surface area contributed by atoms with Crippen molar-refractivity contribution < 1.29 is 31.1 Å². The highest BCUT2D eigenvalue weighted by atomic mass is 32.2. The predicted molar refractivity (Wildman–Crippen MR) is 104 cm³/mol. The summed E-state index contributed by atoms with van der Waals surface area (Å²) >= 11 is 0. The number of methoxy groups -OCH3 is 1. The molecule has 0 aromatic carbocycles. The number of nitrogens with zero attached hydrogens (tertiary/aromatic N) is 2. The number of aromatic nitrogens is 3. The summed E-state index contributed by atoms with van der Waals surface area (Å²) in [5.74, 6) is -0.738. The third kappa shape index (κ3) is 5.61. The average Bonchev–Trinajstić information content (AvgIpc) is 3.08. The van der Waals surface area contributed by atoms with Crippen molar-refractivity contribution >= 4 is 21.7 Å². The SMILES string of the molecule is COC1=CC(C)C(c2nc(NC(=O)C(C)(C)S(=O)(=O)CCCC(F)(F)F)n[nH]2)C=C1. The maximum Gasteiger partial charge on any atom is 0.389 e. The lowest BCUT2D eigenvalue weighted by atomic mass is 9.89. The van der Waals surface area contributed by atoms with Crippen LogP contribution in [0.3, 0.4) is 0 Å². The first kappa shape index (κ1) is 23.9. The van der Waals surface area contributed by atoms with Gasteiger partial charge in [-0.05, 0) is 38.3 Å².